The van der Waals surface area contributed by atoms with Gasteiger partial charge in [0.1, 0.15) is 15.5 Å². The van der Waals surface area contributed by atoms with E-state index >= 15 is 0 Å². The van der Waals surface area contributed by atoms with E-state index in [1.165, 1.54) is 11.3 Å². The fourth-order valence-electron chi connectivity index (χ4n) is 3.21. The first-order chi connectivity index (χ1) is 14.3. The summed E-state index contributed by atoms with van der Waals surface area (Å²) in [4.78, 5) is 28.2. The largest absolute Gasteiger partial charge is 0.422 e. The van der Waals surface area contributed by atoms with Crippen LogP contribution in [0.5, 0.6) is 5.75 Å². The number of thiophene rings is 1. The maximum Gasteiger partial charge on any atom is 0.353 e. The van der Waals surface area contributed by atoms with Gasteiger partial charge in [-0.05, 0) is 56.3 Å². The predicted molar refractivity (Wildman–Crippen MR) is 119 cm³/mol. The van der Waals surface area contributed by atoms with Gasteiger partial charge in [-0.15, -0.1) is 11.3 Å². The number of aryl methyl sites for hydroxylation is 3. The summed E-state index contributed by atoms with van der Waals surface area (Å²) >= 11 is 1.36. The lowest BCUT2D eigenvalue weighted by Gasteiger charge is -2.18. The van der Waals surface area contributed by atoms with Crippen molar-refractivity contribution < 1.29 is 14.3 Å². The lowest BCUT2D eigenvalue weighted by Crippen LogP contribution is -2.26. The molecule has 0 unspecified atom stereocenters. The SMILES string of the molecule is Cc1ccc(C(=O)N(C)c2ccc(OC(=O)c3cc4c(C)nn(C)c4s3)cc2)cc1. The Hall–Kier alpha value is -3.45. The fraction of sp³-hybridized carbons (Fsp3) is 0.174. The lowest BCUT2D eigenvalue weighted by atomic mass is 10.1. The third-order valence-electron chi connectivity index (χ3n) is 4.94. The Bertz CT molecular complexity index is 1200. The lowest BCUT2D eigenvalue weighted by molar-refractivity contribution is 0.0739. The van der Waals surface area contributed by atoms with Gasteiger partial charge in [-0.2, -0.15) is 5.10 Å². The van der Waals surface area contributed by atoms with Gasteiger partial charge in [0.05, 0.1) is 5.69 Å². The van der Waals surface area contributed by atoms with Gasteiger partial charge >= 0.3 is 5.97 Å². The van der Waals surface area contributed by atoms with E-state index in [9.17, 15) is 9.59 Å². The molecule has 6 nitrogen and oxygen atoms in total. The number of benzene rings is 2. The van der Waals surface area contributed by atoms with Crippen molar-refractivity contribution in [3.63, 3.8) is 0 Å². The highest BCUT2D eigenvalue weighted by atomic mass is 32.1. The van der Waals surface area contributed by atoms with Gasteiger partial charge in [0.2, 0.25) is 0 Å². The highest BCUT2D eigenvalue weighted by molar-refractivity contribution is 7.20. The standard InChI is InChI=1S/C23H21N3O3S/c1-14-5-7-16(8-6-14)21(27)25(3)17-9-11-18(12-10-17)29-23(28)20-13-19-15(2)24-26(4)22(19)30-20/h5-13H,1-4H3. The van der Waals surface area contributed by atoms with Crippen LogP contribution in [0.15, 0.2) is 54.6 Å². The zero-order valence-electron chi connectivity index (χ0n) is 17.2. The van der Waals surface area contributed by atoms with Crippen LogP contribution in [0.3, 0.4) is 0 Å². The molecule has 0 fully saturated rings. The van der Waals surface area contributed by atoms with Crippen LogP contribution < -0.4 is 9.64 Å². The number of aromatic nitrogens is 2. The molecule has 0 aliphatic carbocycles. The minimum atomic E-state index is -0.410. The predicted octanol–water partition coefficient (Wildman–Crippen LogP) is 4.75. The Morgan fingerprint density at radius 3 is 2.33 bits per heavy atom. The van der Waals surface area contributed by atoms with E-state index in [-0.39, 0.29) is 5.91 Å². The van der Waals surface area contributed by atoms with Crippen LogP contribution in [0.4, 0.5) is 5.69 Å². The number of hydrogen-bond acceptors (Lipinski definition) is 5. The minimum absolute atomic E-state index is 0.103. The van der Waals surface area contributed by atoms with Crippen LogP contribution in [-0.2, 0) is 7.05 Å². The average molecular weight is 420 g/mol. The first-order valence-electron chi connectivity index (χ1n) is 9.43. The minimum Gasteiger partial charge on any atom is -0.422 e. The smallest absolute Gasteiger partial charge is 0.353 e. The van der Waals surface area contributed by atoms with Crippen LogP contribution in [0, 0.1) is 13.8 Å². The number of amides is 1. The Morgan fingerprint density at radius 1 is 1.03 bits per heavy atom. The van der Waals surface area contributed by atoms with Crippen molar-refractivity contribution in [3.8, 4) is 5.75 Å². The van der Waals surface area contributed by atoms with Gasteiger partial charge in [-0.3, -0.25) is 9.48 Å². The van der Waals surface area contributed by atoms with E-state index in [2.05, 4.69) is 5.10 Å². The van der Waals surface area contributed by atoms with E-state index in [4.69, 9.17) is 4.74 Å². The van der Waals surface area contributed by atoms with Crippen LogP contribution in [0.25, 0.3) is 10.2 Å². The van der Waals surface area contributed by atoms with Crippen molar-refractivity contribution in [2.24, 2.45) is 7.05 Å². The van der Waals surface area contributed by atoms with Crippen LogP contribution in [0.2, 0.25) is 0 Å². The van der Waals surface area contributed by atoms with E-state index in [0.29, 0.717) is 21.9 Å². The third-order valence-corrected chi connectivity index (χ3v) is 6.12. The molecule has 0 saturated carbocycles. The number of fused-ring (bicyclic) bond motifs is 1. The number of hydrogen-bond donors (Lipinski definition) is 0. The number of rotatable bonds is 4. The van der Waals surface area contributed by atoms with Crippen LogP contribution in [0.1, 0.15) is 31.3 Å². The quantitative estimate of drug-likeness (QED) is 0.354. The summed E-state index contributed by atoms with van der Waals surface area (Å²) in [5.74, 6) is -0.0892. The van der Waals surface area contributed by atoms with Gasteiger partial charge < -0.3 is 9.64 Å². The molecule has 0 saturated heterocycles. The molecule has 2 aromatic carbocycles. The molecular weight excluding hydrogens is 398 g/mol. The zero-order valence-corrected chi connectivity index (χ0v) is 18.0. The van der Waals surface area contributed by atoms with Crippen LogP contribution in [-0.4, -0.2) is 28.7 Å². The van der Waals surface area contributed by atoms with E-state index < -0.39 is 5.97 Å². The molecule has 0 bridgehead atoms. The summed E-state index contributed by atoms with van der Waals surface area (Å²) in [6.07, 6.45) is 0. The maximum absolute atomic E-state index is 12.7. The number of anilines is 1. The zero-order chi connectivity index (χ0) is 21.4. The van der Waals surface area contributed by atoms with Gasteiger partial charge in [0.25, 0.3) is 5.91 Å². The Balaban J connectivity index is 1.47. The van der Waals surface area contributed by atoms with E-state index in [1.807, 2.05) is 51.2 Å². The second-order valence-corrected chi connectivity index (χ2v) is 8.18. The topological polar surface area (TPSA) is 64.4 Å². The summed E-state index contributed by atoms with van der Waals surface area (Å²) in [6.45, 7) is 3.89. The fourth-order valence-corrected chi connectivity index (χ4v) is 4.21. The first kappa shape index (κ1) is 19.8. The number of nitrogens with zero attached hydrogens (tertiary/aromatic N) is 3. The molecular formula is C23H21N3O3S. The Morgan fingerprint density at radius 2 is 1.70 bits per heavy atom. The normalized spacial score (nSPS) is 10.9. The molecule has 0 radical (unpaired) electrons. The molecule has 0 aliphatic rings. The molecule has 7 heteroatoms. The first-order valence-corrected chi connectivity index (χ1v) is 10.3. The molecule has 30 heavy (non-hydrogen) atoms. The molecule has 0 atom stereocenters. The third kappa shape index (κ3) is 3.71. The highest BCUT2D eigenvalue weighted by Crippen LogP contribution is 2.29. The average Bonchev–Trinajstić information content (AvgIpc) is 3.29. The van der Waals surface area contributed by atoms with Crippen molar-refractivity contribution in [2.75, 3.05) is 11.9 Å². The number of carbonyl (C=O) groups is 2. The van der Waals surface area contributed by atoms with Crippen molar-refractivity contribution >= 4 is 39.1 Å². The molecule has 1 amide bonds. The van der Waals surface area contributed by atoms with Gasteiger partial charge in [0, 0.05) is 30.7 Å². The summed E-state index contributed by atoms with van der Waals surface area (Å²) in [6, 6.07) is 16.1. The Kier molecular flexibility index (Phi) is 5.13. The Labute approximate surface area is 178 Å². The van der Waals surface area contributed by atoms with Gasteiger partial charge in [-0.25, -0.2) is 4.79 Å². The number of ether oxygens (including phenoxy) is 1. The van der Waals surface area contributed by atoms with Crippen molar-refractivity contribution in [1.82, 2.24) is 9.78 Å². The summed E-state index contributed by atoms with van der Waals surface area (Å²) in [5, 5.41) is 5.30. The molecule has 0 spiro atoms. The molecule has 2 heterocycles. The summed E-state index contributed by atoms with van der Waals surface area (Å²) < 4.78 is 7.28. The summed E-state index contributed by atoms with van der Waals surface area (Å²) in [5.41, 5.74) is 3.32. The molecule has 152 valence electrons. The molecule has 4 aromatic rings. The van der Waals surface area contributed by atoms with Crippen LogP contribution >= 0.6 is 11.3 Å². The van der Waals surface area contributed by atoms with E-state index in [0.717, 1.165) is 21.5 Å². The van der Waals surface area contributed by atoms with Crippen molar-refractivity contribution in [1.29, 1.82) is 0 Å². The van der Waals surface area contributed by atoms with Crippen molar-refractivity contribution in [2.45, 2.75) is 13.8 Å². The monoisotopic (exact) mass is 419 g/mol. The molecule has 4 rings (SSSR count). The number of carbonyl (C=O) groups excluding carboxylic acids is 2. The molecule has 0 aliphatic heterocycles. The maximum atomic E-state index is 12.7. The second-order valence-electron chi connectivity index (χ2n) is 7.15. The number of esters is 1. The van der Waals surface area contributed by atoms with E-state index in [1.54, 1.807) is 40.9 Å². The molecule has 0 N–H and O–H groups in total. The second kappa shape index (κ2) is 7.76. The summed E-state index contributed by atoms with van der Waals surface area (Å²) in [7, 11) is 3.57. The molecule has 2 aromatic heterocycles. The highest BCUT2D eigenvalue weighted by Gasteiger charge is 2.18. The van der Waals surface area contributed by atoms with Crippen molar-refractivity contribution in [3.05, 3.63) is 76.3 Å². The van der Waals surface area contributed by atoms with Gasteiger partial charge in [0.15, 0.2) is 0 Å². The van der Waals surface area contributed by atoms with Gasteiger partial charge in [-0.1, -0.05) is 17.7 Å².